The molecule has 0 spiro atoms. The number of allylic oxidation sites excluding steroid dienone is 1. The molecule has 1 aromatic heterocycles. The van der Waals surface area contributed by atoms with Gasteiger partial charge in [0.05, 0.1) is 11.3 Å². The first-order valence-electron chi connectivity index (χ1n) is 12.0. The van der Waals surface area contributed by atoms with Crippen molar-refractivity contribution >= 4 is 46.4 Å². The summed E-state index contributed by atoms with van der Waals surface area (Å²) in [6, 6.07) is 15.4. The molecule has 8 N–H and O–H groups in total. The average Bonchev–Trinajstić information content (AvgIpc) is 2.85. The first-order chi connectivity index (χ1) is 17.6. The van der Waals surface area contributed by atoms with E-state index in [0.717, 1.165) is 22.8 Å². The Balaban J connectivity index is 1.71. The van der Waals surface area contributed by atoms with E-state index in [0.29, 0.717) is 28.7 Å². The van der Waals surface area contributed by atoms with Crippen LogP contribution in [0.25, 0.3) is 0 Å². The lowest BCUT2D eigenvalue weighted by molar-refractivity contribution is 0.155. The van der Waals surface area contributed by atoms with Gasteiger partial charge in [-0.3, -0.25) is 5.41 Å². The van der Waals surface area contributed by atoms with Crippen LogP contribution < -0.4 is 27.0 Å². The lowest BCUT2D eigenvalue weighted by atomic mass is 9.93. The fourth-order valence-corrected chi connectivity index (χ4v) is 3.88. The number of benzene rings is 2. The highest BCUT2D eigenvalue weighted by Gasteiger charge is 2.18. The summed E-state index contributed by atoms with van der Waals surface area (Å²) in [7, 11) is 0. The number of nitrogen functional groups attached to an aromatic ring is 1. The molecule has 37 heavy (non-hydrogen) atoms. The molecule has 0 aliphatic rings. The average molecular weight is 521 g/mol. The summed E-state index contributed by atoms with van der Waals surface area (Å²) >= 11 is 1.64. The van der Waals surface area contributed by atoms with E-state index in [4.69, 9.17) is 21.9 Å². The third-order valence-electron chi connectivity index (χ3n) is 5.32. The van der Waals surface area contributed by atoms with Crippen LogP contribution in [0.2, 0.25) is 0 Å². The van der Waals surface area contributed by atoms with Crippen molar-refractivity contribution in [2.24, 2.45) is 11.3 Å². The van der Waals surface area contributed by atoms with Crippen LogP contribution in [0.3, 0.4) is 0 Å². The van der Waals surface area contributed by atoms with Crippen molar-refractivity contribution in [3.05, 3.63) is 77.8 Å². The van der Waals surface area contributed by atoms with Gasteiger partial charge in [0.15, 0.2) is 0 Å². The number of nitrogens with one attached hydrogen (secondary N) is 4. The predicted octanol–water partition coefficient (Wildman–Crippen LogP) is 5.92. The van der Waals surface area contributed by atoms with Crippen molar-refractivity contribution < 1.29 is 4.84 Å². The summed E-state index contributed by atoms with van der Waals surface area (Å²) in [5, 5.41) is 15.9. The van der Waals surface area contributed by atoms with Crippen LogP contribution in [0.1, 0.15) is 45.7 Å². The Hall–Kier alpha value is -3.76. The minimum absolute atomic E-state index is 0.166. The molecule has 3 rings (SSSR count). The minimum atomic E-state index is -0.166. The molecular weight excluding hydrogens is 484 g/mol. The van der Waals surface area contributed by atoms with E-state index >= 15 is 0 Å². The molecule has 0 aliphatic heterocycles. The number of anilines is 5. The summed E-state index contributed by atoms with van der Waals surface area (Å²) in [5.41, 5.74) is 10.1. The molecular formula is C27H36N8OS. The molecule has 0 aliphatic carbocycles. The Kier molecular flexibility index (Phi) is 9.37. The van der Waals surface area contributed by atoms with Crippen LogP contribution in [0, 0.1) is 10.8 Å². The number of rotatable bonds is 11. The van der Waals surface area contributed by atoms with E-state index in [9.17, 15) is 0 Å². The Bertz CT molecular complexity index is 1220. The number of nitrogens with zero attached hydrogens (tertiary/aromatic N) is 2. The first kappa shape index (κ1) is 27.8. The quantitative estimate of drug-likeness (QED) is 0.0784. The van der Waals surface area contributed by atoms with Crippen LogP contribution in [-0.4, -0.2) is 27.5 Å². The van der Waals surface area contributed by atoms with Gasteiger partial charge < -0.3 is 25.9 Å². The predicted molar refractivity (Wildman–Crippen MR) is 156 cm³/mol. The Morgan fingerprint density at radius 3 is 2.24 bits per heavy atom. The summed E-state index contributed by atoms with van der Waals surface area (Å²) in [6.45, 7) is 10.9. The first-order valence-corrected chi connectivity index (χ1v) is 12.9. The third kappa shape index (κ3) is 7.86. The molecule has 0 amide bonds. The Morgan fingerprint density at radius 1 is 1.03 bits per heavy atom. The fraction of sp³-hybridized carbons (Fsp3) is 0.296. The monoisotopic (exact) mass is 520 g/mol. The highest BCUT2D eigenvalue weighted by Crippen LogP contribution is 2.27. The molecule has 196 valence electrons. The largest absolute Gasteiger partial charge is 0.416 e. The molecule has 0 fully saturated rings. The Morgan fingerprint density at radius 2 is 1.65 bits per heavy atom. The second kappa shape index (κ2) is 12.5. The summed E-state index contributed by atoms with van der Waals surface area (Å²) in [4.78, 5) is 13.5. The van der Waals surface area contributed by atoms with Crippen molar-refractivity contribution in [1.29, 1.82) is 5.41 Å². The molecule has 0 saturated heterocycles. The van der Waals surface area contributed by atoms with E-state index in [2.05, 4.69) is 39.2 Å². The van der Waals surface area contributed by atoms with Crippen LogP contribution in [-0.2, 0) is 4.84 Å². The van der Waals surface area contributed by atoms with Gasteiger partial charge in [-0.25, -0.2) is 9.97 Å². The van der Waals surface area contributed by atoms with E-state index in [1.165, 1.54) is 6.33 Å². The van der Waals surface area contributed by atoms with Gasteiger partial charge in [0, 0.05) is 39.8 Å². The number of hydrogen-bond donors (Lipinski definition) is 6. The molecule has 2 aromatic carbocycles. The second-order valence-corrected chi connectivity index (χ2v) is 11.1. The van der Waals surface area contributed by atoms with E-state index < -0.39 is 0 Å². The molecule has 0 radical (unpaired) electrons. The van der Waals surface area contributed by atoms with Crippen LogP contribution in [0.5, 0.6) is 0 Å². The maximum absolute atomic E-state index is 8.80. The van der Waals surface area contributed by atoms with Crippen molar-refractivity contribution in [3.63, 3.8) is 0 Å². The van der Waals surface area contributed by atoms with Crippen molar-refractivity contribution in [2.45, 2.75) is 39.9 Å². The molecule has 0 atom stereocenters. The van der Waals surface area contributed by atoms with E-state index in [1.807, 2.05) is 75.4 Å². The molecule has 1 heterocycles. The molecule has 10 heteroatoms. The molecule has 9 nitrogen and oxygen atoms in total. The maximum atomic E-state index is 8.80. The number of nitrogens with two attached hydrogens (primary N) is 2. The topological polar surface area (TPSA) is 147 Å². The van der Waals surface area contributed by atoms with Gasteiger partial charge in [-0.2, -0.15) is 5.90 Å². The summed E-state index contributed by atoms with van der Waals surface area (Å²) in [6.07, 6.45) is 3.32. The summed E-state index contributed by atoms with van der Waals surface area (Å²) in [5.74, 6) is 6.82. The van der Waals surface area contributed by atoms with Crippen molar-refractivity contribution in [1.82, 2.24) is 9.97 Å². The van der Waals surface area contributed by atoms with E-state index in [1.54, 1.807) is 11.9 Å². The van der Waals surface area contributed by atoms with Crippen LogP contribution >= 0.6 is 11.9 Å². The minimum Gasteiger partial charge on any atom is -0.416 e. The molecule has 0 saturated carbocycles. The highest BCUT2D eigenvalue weighted by atomic mass is 32.2. The third-order valence-corrected chi connectivity index (χ3v) is 6.15. The molecule has 3 aromatic rings. The van der Waals surface area contributed by atoms with Crippen LogP contribution in [0.15, 0.2) is 66.7 Å². The van der Waals surface area contributed by atoms with Gasteiger partial charge in [-0.1, -0.05) is 46.8 Å². The van der Waals surface area contributed by atoms with Crippen LogP contribution in [0.4, 0.5) is 28.7 Å². The van der Waals surface area contributed by atoms with Crippen molar-refractivity contribution in [3.8, 4) is 0 Å². The van der Waals surface area contributed by atoms with Gasteiger partial charge in [-0.05, 0) is 54.4 Å². The standard InChI is InChI=1S/C27H36N8OS/c1-17(2)37-35-21-8-6-18(7-9-21)24(28)23-25(29)32-16-33-26(23)34-20-12-10-19(11-13-20)31-15-14-22(36-30)27(3,4)5/h6-14,16-17,28,31,35H,15,30H2,1-5H3,(H3,29,32,33,34)/b22-14-,28-24?. The van der Waals surface area contributed by atoms with Crippen molar-refractivity contribution in [2.75, 3.05) is 27.6 Å². The van der Waals surface area contributed by atoms with Gasteiger partial charge in [-0.15, -0.1) is 0 Å². The van der Waals surface area contributed by atoms with Gasteiger partial charge in [0.1, 0.15) is 23.7 Å². The Labute approximate surface area is 223 Å². The maximum Gasteiger partial charge on any atom is 0.145 e. The zero-order chi connectivity index (χ0) is 27.0. The lowest BCUT2D eigenvalue weighted by Crippen LogP contribution is -2.17. The SMILES string of the molecule is CC(C)SNc1ccc(C(=N)c2c(N)ncnc2Nc2ccc(NC/C=C(\ON)C(C)(C)C)cc2)cc1. The highest BCUT2D eigenvalue weighted by molar-refractivity contribution is 8.01. The normalized spacial score (nSPS) is 11.8. The lowest BCUT2D eigenvalue weighted by Gasteiger charge is -2.20. The smallest absolute Gasteiger partial charge is 0.145 e. The van der Waals surface area contributed by atoms with E-state index in [-0.39, 0.29) is 16.9 Å². The number of hydrogen-bond acceptors (Lipinski definition) is 10. The summed E-state index contributed by atoms with van der Waals surface area (Å²) < 4.78 is 3.30. The zero-order valence-corrected chi connectivity index (χ0v) is 22.7. The molecule has 0 bridgehead atoms. The second-order valence-electron chi connectivity index (χ2n) is 9.72. The van der Waals surface area contributed by atoms with Gasteiger partial charge in [0.2, 0.25) is 0 Å². The van der Waals surface area contributed by atoms with Gasteiger partial charge >= 0.3 is 0 Å². The fourth-order valence-electron chi connectivity index (χ4n) is 3.38. The molecule has 0 unspecified atom stereocenters. The number of aromatic nitrogens is 2. The zero-order valence-electron chi connectivity index (χ0n) is 21.9. The van der Waals surface area contributed by atoms with Gasteiger partial charge in [0.25, 0.3) is 0 Å².